The van der Waals surface area contributed by atoms with Crippen LogP contribution in [0.4, 0.5) is 0 Å². The summed E-state index contributed by atoms with van der Waals surface area (Å²) in [6.45, 7) is -1.19. The van der Waals surface area contributed by atoms with Gasteiger partial charge in [-0.05, 0) is 0 Å². The van der Waals surface area contributed by atoms with E-state index < -0.39 is 19.6 Å². The van der Waals surface area contributed by atoms with Crippen molar-refractivity contribution in [1.82, 2.24) is 10.6 Å². The molecule has 0 bridgehead atoms. The maximum absolute atomic E-state index is 7.13. The Bertz CT molecular complexity index is 99.8. The van der Waals surface area contributed by atoms with Crippen LogP contribution in [0.15, 0.2) is 0 Å². The van der Waals surface area contributed by atoms with Gasteiger partial charge in [0.1, 0.15) is 0 Å². The molecular formula is C4H10N2. The zero-order valence-corrected chi connectivity index (χ0v) is 3.44. The quantitative estimate of drug-likeness (QED) is 0.405. The van der Waals surface area contributed by atoms with E-state index in [-0.39, 0.29) is 0 Å². The molecule has 0 aromatic heterocycles. The van der Waals surface area contributed by atoms with Crippen molar-refractivity contribution in [2.75, 3.05) is 26.1 Å². The minimum atomic E-state index is -0.652. The lowest BCUT2D eigenvalue weighted by atomic mass is 10.4. The molecule has 3 unspecified atom stereocenters. The van der Waals surface area contributed by atoms with Gasteiger partial charge in [0, 0.05) is 30.2 Å². The molecule has 36 valence electrons. The molecule has 0 saturated carbocycles. The number of rotatable bonds is 0. The maximum Gasteiger partial charge on any atom is 0.0441 e. The number of piperazine rings is 1. The van der Waals surface area contributed by atoms with Crippen molar-refractivity contribution in [1.29, 1.82) is 0 Å². The van der Waals surface area contributed by atoms with Crippen LogP contribution in [0.2, 0.25) is 0 Å². The molecule has 0 radical (unpaired) electrons. The summed E-state index contributed by atoms with van der Waals surface area (Å²) in [5.41, 5.74) is 0. The summed E-state index contributed by atoms with van der Waals surface area (Å²) in [5.74, 6) is 0. The Morgan fingerprint density at radius 1 is 1.17 bits per heavy atom. The molecule has 2 heteroatoms. The molecule has 1 heterocycles. The average molecular weight is 89.2 g/mol. The Labute approximate surface area is 42.1 Å². The van der Waals surface area contributed by atoms with Gasteiger partial charge in [0.2, 0.25) is 0 Å². The number of hydrogen-bond acceptors (Lipinski definition) is 2. The summed E-state index contributed by atoms with van der Waals surface area (Å²) in [6, 6.07) is 0. The monoisotopic (exact) mass is 89.1 g/mol. The first-order valence-electron chi connectivity index (χ1n) is 3.69. The molecule has 0 spiro atoms. The molecule has 0 aliphatic carbocycles. The first kappa shape index (κ1) is 1.80. The van der Waals surface area contributed by atoms with Gasteiger partial charge in [-0.25, -0.2) is 0 Å². The van der Waals surface area contributed by atoms with Crippen molar-refractivity contribution in [3.05, 3.63) is 0 Å². The van der Waals surface area contributed by atoms with Crippen molar-refractivity contribution >= 4 is 0 Å². The molecule has 1 saturated heterocycles. The molecule has 0 aromatic rings. The third-order valence-electron chi connectivity index (χ3n) is 0.635. The van der Waals surface area contributed by atoms with Crippen LogP contribution in [0.1, 0.15) is 4.11 Å². The van der Waals surface area contributed by atoms with E-state index in [1.165, 1.54) is 0 Å². The minimum Gasteiger partial charge on any atom is -0.314 e. The van der Waals surface area contributed by atoms with Gasteiger partial charge in [-0.15, -0.1) is 0 Å². The molecule has 1 fully saturated rings. The lowest BCUT2D eigenvalue weighted by Crippen LogP contribution is -2.39. The minimum absolute atomic E-state index is 0.422. The second-order valence-electron chi connectivity index (χ2n) is 1.11. The largest absolute Gasteiger partial charge is 0.314 e. The zero-order chi connectivity index (χ0) is 6.85. The van der Waals surface area contributed by atoms with Gasteiger partial charge in [0.15, 0.2) is 0 Å². The fourth-order valence-electron chi connectivity index (χ4n) is 0.361. The lowest BCUT2D eigenvalue weighted by Gasteiger charge is -2.11. The smallest absolute Gasteiger partial charge is 0.0441 e. The Hall–Kier alpha value is -0.0800. The zero-order valence-electron chi connectivity index (χ0n) is 6.44. The summed E-state index contributed by atoms with van der Waals surface area (Å²) in [7, 11) is 0. The Morgan fingerprint density at radius 2 is 2.00 bits per heavy atom. The number of nitrogens with one attached hydrogen (secondary N) is 2. The average Bonchev–Trinajstić information content (AvgIpc) is 1.80. The summed E-state index contributed by atoms with van der Waals surface area (Å²) in [6.07, 6.45) is 0. The Morgan fingerprint density at radius 3 is 2.67 bits per heavy atom. The molecule has 2 N–H and O–H groups in total. The van der Waals surface area contributed by atoms with Crippen molar-refractivity contribution in [3.8, 4) is 0 Å². The molecule has 0 aromatic carbocycles. The van der Waals surface area contributed by atoms with Gasteiger partial charge >= 0.3 is 0 Å². The van der Waals surface area contributed by atoms with E-state index in [1.807, 2.05) is 0 Å². The van der Waals surface area contributed by atoms with Gasteiger partial charge in [-0.3, -0.25) is 0 Å². The van der Waals surface area contributed by atoms with Crippen molar-refractivity contribution in [2.45, 2.75) is 0 Å². The Balaban J connectivity index is 2.35. The highest BCUT2D eigenvalue weighted by Gasteiger charge is 1.91. The summed E-state index contributed by atoms with van der Waals surface area (Å²) in [4.78, 5) is 0. The van der Waals surface area contributed by atoms with E-state index in [0.29, 0.717) is 6.54 Å². The molecule has 2 nitrogen and oxygen atoms in total. The molecule has 1 aliphatic heterocycles. The highest BCUT2D eigenvalue weighted by Crippen LogP contribution is 1.65. The van der Waals surface area contributed by atoms with Gasteiger partial charge in [-0.1, -0.05) is 0 Å². The second-order valence-corrected chi connectivity index (χ2v) is 1.11. The lowest BCUT2D eigenvalue weighted by molar-refractivity contribution is 0.534. The highest BCUT2D eigenvalue weighted by atomic mass is 15.0. The molecule has 3 atom stereocenters. The van der Waals surface area contributed by atoms with E-state index in [9.17, 15) is 0 Å². The maximum atomic E-state index is 7.13. The van der Waals surface area contributed by atoms with Gasteiger partial charge in [0.25, 0.3) is 0 Å². The third-order valence-corrected chi connectivity index (χ3v) is 0.635. The van der Waals surface area contributed by atoms with Crippen LogP contribution < -0.4 is 10.6 Å². The topological polar surface area (TPSA) is 24.1 Å². The standard InChI is InChI=1S/C4H10N2/c1-2-6-4-3-5-1/h5-6H,1-4H2/i1D,2D,3D. The van der Waals surface area contributed by atoms with E-state index >= 15 is 0 Å². The van der Waals surface area contributed by atoms with Gasteiger partial charge in [0.05, 0.1) is 0 Å². The normalized spacial score (nSPS) is 68.0. The summed E-state index contributed by atoms with van der Waals surface area (Å²) in [5, 5.41) is 5.32. The summed E-state index contributed by atoms with van der Waals surface area (Å²) < 4.78 is 21.4. The molecule has 1 aliphatic rings. The van der Waals surface area contributed by atoms with Crippen LogP contribution in [0.25, 0.3) is 0 Å². The van der Waals surface area contributed by atoms with E-state index in [4.69, 9.17) is 4.11 Å². The Kier molecular flexibility index (Phi) is 0.648. The second kappa shape index (κ2) is 2.16. The van der Waals surface area contributed by atoms with Crippen molar-refractivity contribution < 1.29 is 4.11 Å². The van der Waals surface area contributed by atoms with Gasteiger partial charge < -0.3 is 10.6 Å². The predicted octanol–water partition coefficient (Wildman–Crippen LogP) is -0.821. The van der Waals surface area contributed by atoms with Crippen LogP contribution in [0.5, 0.6) is 0 Å². The predicted molar refractivity (Wildman–Crippen MR) is 25.7 cm³/mol. The first-order valence-corrected chi connectivity index (χ1v) is 1.96. The van der Waals surface area contributed by atoms with E-state index in [0.717, 1.165) is 0 Å². The van der Waals surface area contributed by atoms with Crippen molar-refractivity contribution in [2.24, 2.45) is 0 Å². The fraction of sp³-hybridized carbons (Fsp3) is 1.00. The summed E-state index contributed by atoms with van der Waals surface area (Å²) >= 11 is 0. The van der Waals surface area contributed by atoms with Crippen LogP contribution in [-0.2, 0) is 0 Å². The SMILES string of the molecule is [2H]C1CNC([2H])C([2H])N1. The van der Waals surface area contributed by atoms with Crippen molar-refractivity contribution in [3.63, 3.8) is 0 Å². The van der Waals surface area contributed by atoms with Crippen LogP contribution in [0.3, 0.4) is 0 Å². The van der Waals surface area contributed by atoms with E-state index in [2.05, 4.69) is 10.6 Å². The molecular weight excluding hydrogens is 76.1 g/mol. The van der Waals surface area contributed by atoms with Gasteiger partial charge in [-0.2, -0.15) is 0 Å². The third kappa shape index (κ3) is 0.954. The molecule has 6 heavy (non-hydrogen) atoms. The highest BCUT2D eigenvalue weighted by molar-refractivity contribution is 4.59. The van der Waals surface area contributed by atoms with Crippen LogP contribution in [-0.4, -0.2) is 26.1 Å². The van der Waals surface area contributed by atoms with Crippen LogP contribution in [0, 0.1) is 0 Å². The fourth-order valence-corrected chi connectivity index (χ4v) is 0.361. The van der Waals surface area contributed by atoms with Crippen LogP contribution >= 0.6 is 0 Å². The molecule has 1 rings (SSSR count). The molecule has 0 amide bonds. The first-order chi connectivity index (χ1) is 4.20. The number of hydrogen-bond donors (Lipinski definition) is 2. The van der Waals surface area contributed by atoms with E-state index in [1.54, 1.807) is 0 Å².